The summed E-state index contributed by atoms with van der Waals surface area (Å²) >= 11 is 5.83. The van der Waals surface area contributed by atoms with Crippen LogP contribution in [-0.4, -0.2) is 24.0 Å². The van der Waals surface area contributed by atoms with E-state index in [-0.39, 0.29) is 5.91 Å². The van der Waals surface area contributed by atoms with Crippen LogP contribution in [-0.2, 0) is 17.8 Å². The highest BCUT2D eigenvalue weighted by Gasteiger charge is 2.01. The zero-order chi connectivity index (χ0) is 14.9. The van der Waals surface area contributed by atoms with Crippen LogP contribution in [0.4, 0.5) is 0 Å². The Kier molecular flexibility index (Phi) is 6.19. The Balaban J connectivity index is 1.60. The molecule has 0 aliphatic carbocycles. The highest BCUT2D eigenvalue weighted by Crippen LogP contribution is 2.09. The van der Waals surface area contributed by atoms with E-state index in [0.29, 0.717) is 13.1 Å². The van der Waals surface area contributed by atoms with Crippen molar-refractivity contribution < 1.29 is 4.79 Å². The number of benzene rings is 1. The lowest BCUT2D eigenvalue weighted by molar-refractivity contribution is -0.120. The van der Waals surface area contributed by atoms with Crippen LogP contribution in [0, 0.1) is 0 Å². The van der Waals surface area contributed by atoms with E-state index in [2.05, 4.69) is 15.6 Å². The zero-order valence-electron chi connectivity index (χ0n) is 11.7. The van der Waals surface area contributed by atoms with Gasteiger partial charge in [0.2, 0.25) is 5.91 Å². The second-order valence-corrected chi connectivity index (χ2v) is 5.09. The van der Waals surface area contributed by atoms with Crippen LogP contribution in [0.5, 0.6) is 0 Å². The van der Waals surface area contributed by atoms with E-state index in [4.69, 9.17) is 11.6 Å². The summed E-state index contributed by atoms with van der Waals surface area (Å²) in [5.41, 5.74) is 2.05. The molecule has 2 rings (SSSR count). The molecular weight excluding hydrogens is 286 g/mol. The van der Waals surface area contributed by atoms with Gasteiger partial charge in [-0.05, 0) is 42.8 Å². The fourth-order valence-electron chi connectivity index (χ4n) is 1.84. The van der Waals surface area contributed by atoms with Gasteiger partial charge in [0, 0.05) is 11.2 Å². The van der Waals surface area contributed by atoms with Gasteiger partial charge in [0.25, 0.3) is 0 Å². The van der Waals surface area contributed by atoms with Crippen LogP contribution in [0.25, 0.3) is 0 Å². The Morgan fingerprint density at radius 1 is 1.14 bits per heavy atom. The van der Waals surface area contributed by atoms with Crippen LogP contribution >= 0.6 is 11.6 Å². The van der Waals surface area contributed by atoms with Crippen molar-refractivity contribution in [3.8, 4) is 0 Å². The zero-order valence-corrected chi connectivity index (χ0v) is 12.4. The summed E-state index contributed by atoms with van der Waals surface area (Å²) in [5, 5.41) is 6.68. The Morgan fingerprint density at radius 2 is 1.95 bits per heavy atom. The van der Waals surface area contributed by atoms with Gasteiger partial charge in [-0.25, -0.2) is 0 Å². The van der Waals surface area contributed by atoms with Crippen molar-refractivity contribution in [3.05, 3.63) is 64.9 Å². The molecule has 0 bridgehead atoms. The quantitative estimate of drug-likeness (QED) is 0.771. The molecule has 0 aliphatic heterocycles. The predicted molar refractivity (Wildman–Crippen MR) is 84.1 cm³/mol. The fourth-order valence-corrected chi connectivity index (χ4v) is 1.97. The van der Waals surface area contributed by atoms with Gasteiger partial charge in [0.1, 0.15) is 0 Å². The topological polar surface area (TPSA) is 54.0 Å². The molecule has 21 heavy (non-hydrogen) atoms. The highest BCUT2D eigenvalue weighted by atomic mass is 35.5. The van der Waals surface area contributed by atoms with E-state index in [1.54, 1.807) is 6.20 Å². The largest absolute Gasteiger partial charge is 0.349 e. The molecule has 5 heteroatoms. The van der Waals surface area contributed by atoms with Crippen LogP contribution in [0.15, 0.2) is 48.7 Å². The standard InChI is InChI=1S/C16H18ClN3O/c17-14-6-4-13(5-7-14)8-10-18-12-16(21)20-11-15-3-1-2-9-19-15/h1-7,9,18H,8,10-12H2,(H,20,21). The molecule has 4 nitrogen and oxygen atoms in total. The van der Waals surface area contributed by atoms with E-state index in [1.165, 1.54) is 5.56 Å². The number of halogens is 1. The summed E-state index contributed by atoms with van der Waals surface area (Å²) in [4.78, 5) is 15.8. The van der Waals surface area contributed by atoms with Gasteiger partial charge in [-0.3, -0.25) is 9.78 Å². The average Bonchev–Trinajstić information content (AvgIpc) is 2.52. The molecule has 0 saturated heterocycles. The minimum absolute atomic E-state index is 0.0308. The maximum absolute atomic E-state index is 11.7. The van der Waals surface area contributed by atoms with E-state index < -0.39 is 0 Å². The number of rotatable bonds is 7. The summed E-state index contributed by atoms with van der Waals surface area (Å²) < 4.78 is 0. The predicted octanol–water partition coefficient (Wildman–Crippen LogP) is 2.18. The maximum Gasteiger partial charge on any atom is 0.234 e. The summed E-state index contributed by atoms with van der Waals surface area (Å²) in [6, 6.07) is 13.4. The van der Waals surface area contributed by atoms with Crippen LogP contribution < -0.4 is 10.6 Å². The molecule has 0 saturated carbocycles. The van der Waals surface area contributed by atoms with Gasteiger partial charge in [-0.15, -0.1) is 0 Å². The molecule has 1 heterocycles. The molecule has 0 spiro atoms. The number of hydrogen-bond acceptors (Lipinski definition) is 3. The second-order valence-electron chi connectivity index (χ2n) is 4.65. The third-order valence-corrected chi connectivity index (χ3v) is 3.23. The third kappa shape index (κ3) is 5.94. The summed E-state index contributed by atoms with van der Waals surface area (Å²) in [5.74, 6) is -0.0308. The Hall–Kier alpha value is -1.91. The number of pyridine rings is 1. The molecule has 0 radical (unpaired) electrons. The molecule has 0 fully saturated rings. The fraction of sp³-hybridized carbons (Fsp3) is 0.250. The smallest absolute Gasteiger partial charge is 0.234 e. The minimum Gasteiger partial charge on any atom is -0.349 e. The van der Waals surface area contributed by atoms with Crippen molar-refractivity contribution >= 4 is 17.5 Å². The number of aromatic nitrogens is 1. The molecule has 0 unspecified atom stereocenters. The van der Waals surface area contributed by atoms with Gasteiger partial charge < -0.3 is 10.6 Å². The lowest BCUT2D eigenvalue weighted by Gasteiger charge is -2.06. The monoisotopic (exact) mass is 303 g/mol. The number of hydrogen-bond donors (Lipinski definition) is 2. The SMILES string of the molecule is O=C(CNCCc1ccc(Cl)cc1)NCc1ccccn1. The van der Waals surface area contributed by atoms with E-state index in [0.717, 1.165) is 23.7 Å². The van der Waals surface area contributed by atoms with E-state index in [1.807, 2.05) is 42.5 Å². The highest BCUT2D eigenvalue weighted by molar-refractivity contribution is 6.30. The number of nitrogens with zero attached hydrogens (tertiary/aromatic N) is 1. The third-order valence-electron chi connectivity index (χ3n) is 2.98. The van der Waals surface area contributed by atoms with Gasteiger partial charge in [-0.1, -0.05) is 29.8 Å². The molecule has 2 aromatic rings. The molecule has 2 N–H and O–H groups in total. The van der Waals surface area contributed by atoms with Gasteiger partial charge in [0.05, 0.1) is 18.8 Å². The van der Waals surface area contributed by atoms with Crippen LogP contribution in [0.2, 0.25) is 5.02 Å². The molecule has 110 valence electrons. The molecule has 1 aromatic heterocycles. The van der Waals surface area contributed by atoms with Crippen molar-refractivity contribution in [2.45, 2.75) is 13.0 Å². The normalized spacial score (nSPS) is 10.3. The Labute approximate surface area is 129 Å². The lowest BCUT2D eigenvalue weighted by atomic mass is 10.1. The number of carbonyl (C=O) groups is 1. The first-order chi connectivity index (χ1) is 10.2. The summed E-state index contributed by atoms with van der Waals surface area (Å²) in [6.45, 7) is 1.51. The summed E-state index contributed by atoms with van der Waals surface area (Å²) in [7, 11) is 0. The number of carbonyl (C=O) groups excluding carboxylic acids is 1. The lowest BCUT2D eigenvalue weighted by Crippen LogP contribution is -2.34. The molecule has 1 amide bonds. The molecule has 0 aliphatic rings. The average molecular weight is 304 g/mol. The first-order valence-electron chi connectivity index (χ1n) is 6.86. The molecule has 0 atom stereocenters. The number of amides is 1. The van der Waals surface area contributed by atoms with Gasteiger partial charge in [0.15, 0.2) is 0 Å². The van der Waals surface area contributed by atoms with Crippen molar-refractivity contribution in [1.29, 1.82) is 0 Å². The van der Waals surface area contributed by atoms with Crippen molar-refractivity contribution in [1.82, 2.24) is 15.6 Å². The number of nitrogens with one attached hydrogen (secondary N) is 2. The van der Waals surface area contributed by atoms with Crippen molar-refractivity contribution in [2.75, 3.05) is 13.1 Å². The second kappa shape index (κ2) is 8.39. The van der Waals surface area contributed by atoms with Gasteiger partial charge >= 0.3 is 0 Å². The van der Waals surface area contributed by atoms with Crippen LogP contribution in [0.3, 0.4) is 0 Å². The first-order valence-corrected chi connectivity index (χ1v) is 7.23. The first kappa shape index (κ1) is 15.5. The molecular formula is C16H18ClN3O. The van der Waals surface area contributed by atoms with Crippen molar-refractivity contribution in [2.24, 2.45) is 0 Å². The minimum atomic E-state index is -0.0308. The van der Waals surface area contributed by atoms with E-state index in [9.17, 15) is 4.79 Å². The van der Waals surface area contributed by atoms with Gasteiger partial charge in [-0.2, -0.15) is 0 Å². The van der Waals surface area contributed by atoms with Crippen LogP contribution in [0.1, 0.15) is 11.3 Å². The van der Waals surface area contributed by atoms with Crippen molar-refractivity contribution in [3.63, 3.8) is 0 Å². The Morgan fingerprint density at radius 3 is 2.67 bits per heavy atom. The maximum atomic E-state index is 11.7. The summed E-state index contributed by atoms with van der Waals surface area (Å²) in [6.07, 6.45) is 2.58. The Bertz CT molecular complexity index is 557. The van der Waals surface area contributed by atoms with E-state index >= 15 is 0 Å². The molecule has 1 aromatic carbocycles.